The molecule has 3 heteroatoms. The van der Waals surface area contributed by atoms with Crippen molar-refractivity contribution >= 4 is 31.9 Å². The SMILES string of the molecule is BrCC(Br)COC(c1ccccc1)(c1ccccc1)c1ccccc1. The van der Waals surface area contributed by atoms with Crippen LogP contribution in [0.1, 0.15) is 16.7 Å². The molecule has 1 atom stereocenters. The van der Waals surface area contributed by atoms with Gasteiger partial charge >= 0.3 is 0 Å². The number of hydrogen-bond acceptors (Lipinski definition) is 1. The summed E-state index contributed by atoms with van der Waals surface area (Å²) in [6.45, 7) is 0.587. The molecule has 1 unspecified atom stereocenters. The van der Waals surface area contributed by atoms with Crippen molar-refractivity contribution in [3.63, 3.8) is 0 Å². The molecule has 0 heterocycles. The highest BCUT2D eigenvalue weighted by Gasteiger charge is 2.37. The van der Waals surface area contributed by atoms with Gasteiger partial charge in [-0.25, -0.2) is 0 Å². The summed E-state index contributed by atoms with van der Waals surface area (Å²) >= 11 is 7.20. The molecule has 0 spiro atoms. The van der Waals surface area contributed by atoms with E-state index in [0.717, 1.165) is 22.0 Å². The van der Waals surface area contributed by atoms with Gasteiger partial charge < -0.3 is 4.74 Å². The molecule has 0 bridgehead atoms. The predicted octanol–water partition coefficient (Wildman–Crippen LogP) is 6.15. The van der Waals surface area contributed by atoms with Crippen LogP contribution in [-0.4, -0.2) is 16.8 Å². The second kappa shape index (κ2) is 8.79. The maximum atomic E-state index is 6.66. The first-order chi connectivity index (χ1) is 12.3. The van der Waals surface area contributed by atoms with Crippen LogP contribution < -0.4 is 0 Å². The van der Waals surface area contributed by atoms with Crippen LogP contribution in [0.15, 0.2) is 91.0 Å². The largest absolute Gasteiger partial charge is 0.360 e. The van der Waals surface area contributed by atoms with Crippen molar-refractivity contribution in [2.75, 3.05) is 11.9 Å². The van der Waals surface area contributed by atoms with Gasteiger partial charge in [0.2, 0.25) is 0 Å². The summed E-state index contributed by atoms with van der Waals surface area (Å²) in [5.74, 6) is 0. The first kappa shape index (κ1) is 18.4. The minimum atomic E-state index is -0.641. The standard InChI is InChI=1S/C22H20Br2O/c23-16-21(24)17-25-22(18-10-4-1-5-11-18,19-12-6-2-7-13-19)20-14-8-3-9-15-20/h1-15,21H,16-17H2. The van der Waals surface area contributed by atoms with Crippen molar-refractivity contribution in [2.24, 2.45) is 0 Å². The molecule has 0 N–H and O–H groups in total. The van der Waals surface area contributed by atoms with Gasteiger partial charge in [0.1, 0.15) is 5.60 Å². The van der Waals surface area contributed by atoms with Gasteiger partial charge in [0, 0.05) is 10.2 Å². The molecule has 3 aromatic rings. The molecule has 0 radical (unpaired) electrons. The van der Waals surface area contributed by atoms with E-state index in [2.05, 4.69) is 105 Å². The number of rotatable bonds is 7. The van der Waals surface area contributed by atoms with Gasteiger partial charge in [-0.1, -0.05) is 123 Å². The van der Waals surface area contributed by atoms with Gasteiger partial charge in [-0.3, -0.25) is 0 Å². The molecule has 0 aromatic heterocycles. The van der Waals surface area contributed by atoms with Crippen LogP contribution in [-0.2, 0) is 10.3 Å². The van der Waals surface area contributed by atoms with Crippen LogP contribution >= 0.6 is 31.9 Å². The van der Waals surface area contributed by atoms with E-state index < -0.39 is 5.60 Å². The Morgan fingerprint density at radius 3 is 1.36 bits per heavy atom. The Hall–Kier alpha value is -1.42. The summed E-state index contributed by atoms with van der Waals surface area (Å²) < 4.78 is 6.66. The van der Waals surface area contributed by atoms with Gasteiger partial charge in [-0.05, 0) is 16.7 Å². The van der Waals surface area contributed by atoms with Gasteiger partial charge in [-0.15, -0.1) is 0 Å². The highest BCUT2D eigenvalue weighted by molar-refractivity contribution is 9.12. The van der Waals surface area contributed by atoms with Crippen LogP contribution in [0, 0.1) is 0 Å². The summed E-state index contributed by atoms with van der Waals surface area (Å²) in [6.07, 6.45) is 0. The van der Waals surface area contributed by atoms with Gasteiger partial charge in [-0.2, -0.15) is 0 Å². The Kier molecular flexibility index (Phi) is 6.46. The molecular weight excluding hydrogens is 440 g/mol. The molecule has 25 heavy (non-hydrogen) atoms. The monoisotopic (exact) mass is 458 g/mol. The Balaban J connectivity index is 2.20. The fourth-order valence-corrected chi connectivity index (χ4v) is 3.35. The van der Waals surface area contributed by atoms with Crippen molar-refractivity contribution in [1.82, 2.24) is 0 Å². The van der Waals surface area contributed by atoms with E-state index >= 15 is 0 Å². The second-order valence-electron chi connectivity index (χ2n) is 5.84. The third kappa shape index (κ3) is 4.05. The lowest BCUT2D eigenvalue weighted by atomic mass is 9.80. The molecule has 1 nitrogen and oxygen atoms in total. The number of alkyl halides is 2. The highest BCUT2D eigenvalue weighted by Crippen LogP contribution is 2.40. The number of halogens is 2. The number of ether oxygens (including phenoxy) is 1. The van der Waals surface area contributed by atoms with E-state index in [-0.39, 0.29) is 4.83 Å². The highest BCUT2D eigenvalue weighted by atomic mass is 79.9. The average molecular weight is 460 g/mol. The Morgan fingerprint density at radius 2 is 1.04 bits per heavy atom. The first-order valence-electron chi connectivity index (χ1n) is 8.28. The van der Waals surface area contributed by atoms with E-state index in [0.29, 0.717) is 6.61 Å². The average Bonchev–Trinajstić information content (AvgIpc) is 2.71. The van der Waals surface area contributed by atoms with Crippen LogP contribution in [0.25, 0.3) is 0 Å². The topological polar surface area (TPSA) is 9.23 Å². The molecule has 128 valence electrons. The normalized spacial score (nSPS) is 12.7. The number of benzene rings is 3. The van der Waals surface area contributed by atoms with Crippen molar-refractivity contribution in [3.8, 4) is 0 Å². The maximum Gasteiger partial charge on any atom is 0.143 e. The molecule has 0 saturated carbocycles. The van der Waals surface area contributed by atoms with E-state index in [1.54, 1.807) is 0 Å². The fraction of sp³-hybridized carbons (Fsp3) is 0.182. The summed E-state index contributed by atoms with van der Waals surface area (Å²) in [6, 6.07) is 31.3. The molecule has 0 aliphatic rings. The zero-order chi connectivity index (χ0) is 17.5. The first-order valence-corrected chi connectivity index (χ1v) is 10.3. The Morgan fingerprint density at radius 1 is 0.680 bits per heavy atom. The molecule has 3 aromatic carbocycles. The van der Waals surface area contributed by atoms with Crippen molar-refractivity contribution in [2.45, 2.75) is 10.4 Å². The molecule has 0 aliphatic carbocycles. The minimum Gasteiger partial charge on any atom is -0.360 e. The van der Waals surface area contributed by atoms with E-state index in [4.69, 9.17) is 4.74 Å². The molecular formula is C22H20Br2O. The zero-order valence-electron chi connectivity index (χ0n) is 13.8. The quantitative estimate of drug-likeness (QED) is 0.304. The van der Waals surface area contributed by atoms with Crippen molar-refractivity contribution in [1.29, 1.82) is 0 Å². The lowest BCUT2D eigenvalue weighted by Crippen LogP contribution is -2.35. The smallest absolute Gasteiger partial charge is 0.143 e. The second-order valence-corrected chi connectivity index (χ2v) is 7.78. The molecule has 0 fully saturated rings. The van der Waals surface area contributed by atoms with E-state index in [1.165, 1.54) is 0 Å². The lowest BCUT2D eigenvalue weighted by molar-refractivity contribution is 0.0165. The van der Waals surface area contributed by atoms with Crippen LogP contribution in [0.4, 0.5) is 0 Å². The van der Waals surface area contributed by atoms with E-state index in [9.17, 15) is 0 Å². The van der Waals surface area contributed by atoms with Gasteiger partial charge in [0.25, 0.3) is 0 Å². The maximum absolute atomic E-state index is 6.66. The third-order valence-electron chi connectivity index (χ3n) is 4.19. The van der Waals surface area contributed by atoms with Crippen LogP contribution in [0.2, 0.25) is 0 Å². The predicted molar refractivity (Wildman–Crippen MR) is 112 cm³/mol. The summed E-state index contributed by atoms with van der Waals surface area (Å²) in [4.78, 5) is 0.239. The zero-order valence-corrected chi connectivity index (χ0v) is 17.0. The van der Waals surface area contributed by atoms with Crippen LogP contribution in [0.5, 0.6) is 0 Å². The molecule has 0 aliphatic heterocycles. The minimum absolute atomic E-state index is 0.239. The fourth-order valence-electron chi connectivity index (χ4n) is 3.03. The molecule has 3 rings (SSSR count). The third-order valence-corrected chi connectivity index (χ3v) is 6.43. The summed E-state index contributed by atoms with van der Waals surface area (Å²) in [5, 5.41) is 0.835. The summed E-state index contributed by atoms with van der Waals surface area (Å²) in [7, 11) is 0. The summed E-state index contributed by atoms with van der Waals surface area (Å²) in [5.41, 5.74) is 2.74. The Labute approximate surface area is 166 Å². The van der Waals surface area contributed by atoms with Gasteiger partial charge in [0.05, 0.1) is 6.61 Å². The lowest BCUT2D eigenvalue weighted by Gasteiger charge is -2.36. The van der Waals surface area contributed by atoms with Crippen molar-refractivity contribution < 1.29 is 4.74 Å². The number of hydrogen-bond donors (Lipinski definition) is 0. The van der Waals surface area contributed by atoms with Crippen LogP contribution in [0.3, 0.4) is 0 Å². The van der Waals surface area contributed by atoms with Crippen molar-refractivity contribution in [3.05, 3.63) is 108 Å². The van der Waals surface area contributed by atoms with E-state index in [1.807, 2.05) is 18.2 Å². The molecule has 0 saturated heterocycles. The molecule has 0 amide bonds. The Bertz CT molecular complexity index is 663. The van der Waals surface area contributed by atoms with Gasteiger partial charge in [0.15, 0.2) is 0 Å².